The standard InChI is InChI=1S/C28H19N3.5C2H6/c1-3-16-29-25(14-1)20-9-5-8-19(18-20)21-10-6-11-22-23-12-7-13-24(28(23)31-27(21)22)26-15-2-4-17-30-26;5*1-2/h1-18,31H;5*1-2H3. The largest absolute Gasteiger partial charge is 0.353 e. The minimum atomic E-state index is 0.971. The van der Waals surface area contributed by atoms with E-state index in [4.69, 9.17) is 0 Å². The van der Waals surface area contributed by atoms with E-state index < -0.39 is 0 Å². The van der Waals surface area contributed by atoms with Gasteiger partial charge in [-0.15, -0.1) is 0 Å². The molecule has 0 saturated heterocycles. The summed E-state index contributed by atoms with van der Waals surface area (Å²) in [5.74, 6) is 0. The number of benzene rings is 3. The molecule has 3 heterocycles. The molecular weight excluding hydrogens is 498 g/mol. The highest BCUT2D eigenvalue weighted by Crippen LogP contribution is 2.37. The molecule has 0 amide bonds. The molecule has 0 unspecified atom stereocenters. The van der Waals surface area contributed by atoms with Crippen LogP contribution in [0.15, 0.2) is 109 Å². The number of fused-ring (bicyclic) bond motifs is 3. The number of para-hydroxylation sites is 2. The van der Waals surface area contributed by atoms with Gasteiger partial charge in [-0.3, -0.25) is 9.97 Å². The highest BCUT2D eigenvalue weighted by Gasteiger charge is 2.13. The number of hydrogen-bond acceptors (Lipinski definition) is 2. The Bertz CT molecular complexity index is 1520. The van der Waals surface area contributed by atoms with E-state index in [1.807, 2.05) is 112 Å². The highest BCUT2D eigenvalue weighted by molar-refractivity contribution is 6.15. The fourth-order valence-electron chi connectivity index (χ4n) is 4.30. The van der Waals surface area contributed by atoms with Gasteiger partial charge in [-0.05, 0) is 35.9 Å². The van der Waals surface area contributed by atoms with Crippen LogP contribution in [0.25, 0.3) is 55.4 Å². The minimum Gasteiger partial charge on any atom is -0.353 e. The zero-order chi connectivity index (χ0) is 30.6. The van der Waals surface area contributed by atoms with Crippen LogP contribution in [0.1, 0.15) is 69.2 Å². The summed E-state index contributed by atoms with van der Waals surface area (Å²) < 4.78 is 0. The Hall–Kier alpha value is -4.24. The maximum absolute atomic E-state index is 4.57. The lowest BCUT2D eigenvalue weighted by molar-refractivity contribution is 1.33. The van der Waals surface area contributed by atoms with Gasteiger partial charge in [-0.1, -0.05) is 136 Å². The third-order valence-corrected chi connectivity index (χ3v) is 5.74. The number of nitrogens with zero attached hydrogens (tertiary/aromatic N) is 2. The van der Waals surface area contributed by atoms with Crippen LogP contribution in [0.5, 0.6) is 0 Å². The monoisotopic (exact) mass is 547 g/mol. The van der Waals surface area contributed by atoms with Crippen LogP contribution in [0.4, 0.5) is 0 Å². The molecule has 216 valence electrons. The number of nitrogens with one attached hydrogen (secondary N) is 1. The molecule has 41 heavy (non-hydrogen) atoms. The van der Waals surface area contributed by atoms with Crippen molar-refractivity contribution in [3.05, 3.63) is 109 Å². The Morgan fingerprint density at radius 1 is 0.415 bits per heavy atom. The summed E-state index contributed by atoms with van der Waals surface area (Å²) in [5.41, 5.74) is 8.77. The zero-order valence-electron chi connectivity index (χ0n) is 26.8. The van der Waals surface area contributed by atoms with Crippen molar-refractivity contribution in [1.29, 1.82) is 0 Å². The van der Waals surface area contributed by atoms with Crippen molar-refractivity contribution in [2.45, 2.75) is 69.2 Å². The van der Waals surface area contributed by atoms with E-state index >= 15 is 0 Å². The molecule has 0 saturated carbocycles. The zero-order valence-corrected chi connectivity index (χ0v) is 26.8. The third kappa shape index (κ3) is 8.38. The molecule has 1 N–H and O–H groups in total. The lowest BCUT2D eigenvalue weighted by Crippen LogP contribution is -1.85. The average Bonchev–Trinajstić information content (AvgIpc) is 3.49. The maximum Gasteiger partial charge on any atom is 0.0723 e. The first-order valence-corrected chi connectivity index (χ1v) is 15.4. The first-order valence-electron chi connectivity index (χ1n) is 15.4. The van der Waals surface area contributed by atoms with Gasteiger partial charge in [0.25, 0.3) is 0 Å². The van der Waals surface area contributed by atoms with E-state index in [1.165, 1.54) is 21.9 Å². The van der Waals surface area contributed by atoms with E-state index in [1.54, 1.807) is 0 Å². The molecule has 0 atom stereocenters. The number of H-pyrrole nitrogens is 1. The summed E-state index contributed by atoms with van der Waals surface area (Å²) >= 11 is 0. The smallest absolute Gasteiger partial charge is 0.0723 e. The van der Waals surface area contributed by atoms with Crippen molar-refractivity contribution in [3.8, 4) is 33.6 Å². The molecule has 6 rings (SSSR count). The van der Waals surface area contributed by atoms with Crippen molar-refractivity contribution in [3.63, 3.8) is 0 Å². The van der Waals surface area contributed by atoms with Gasteiger partial charge in [-0.2, -0.15) is 0 Å². The molecule has 0 aliphatic carbocycles. The number of aromatic nitrogens is 3. The molecule has 0 aliphatic heterocycles. The Labute approximate surface area is 248 Å². The van der Waals surface area contributed by atoms with Crippen LogP contribution >= 0.6 is 0 Å². The van der Waals surface area contributed by atoms with Crippen LogP contribution in [0, 0.1) is 0 Å². The van der Waals surface area contributed by atoms with Gasteiger partial charge in [-0.25, -0.2) is 0 Å². The van der Waals surface area contributed by atoms with Crippen molar-refractivity contribution >= 4 is 21.8 Å². The molecule has 0 fully saturated rings. The first-order chi connectivity index (χ1) is 20.4. The molecule has 0 spiro atoms. The summed E-state index contributed by atoms with van der Waals surface area (Å²) in [5, 5.41) is 2.43. The van der Waals surface area contributed by atoms with Gasteiger partial charge in [0.15, 0.2) is 0 Å². The second kappa shape index (κ2) is 19.8. The van der Waals surface area contributed by atoms with E-state index in [-0.39, 0.29) is 0 Å². The topological polar surface area (TPSA) is 41.6 Å². The molecule has 0 aliphatic rings. The molecule has 0 bridgehead atoms. The van der Waals surface area contributed by atoms with Crippen molar-refractivity contribution in [2.24, 2.45) is 0 Å². The Morgan fingerprint density at radius 2 is 0.878 bits per heavy atom. The van der Waals surface area contributed by atoms with Gasteiger partial charge < -0.3 is 4.98 Å². The lowest BCUT2D eigenvalue weighted by Gasteiger charge is -2.07. The summed E-state index contributed by atoms with van der Waals surface area (Å²) in [6.45, 7) is 20.0. The second-order valence-electron chi connectivity index (χ2n) is 7.59. The van der Waals surface area contributed by atoms with Crippen molar-refractivity contribution in [2.75, 3.05) is 0 Å². The SMILES string of the molecule is CC.CC.CC.CC.CC.c1ccc(-c2cccc(-c3cccc4c3[nH]c3c(-c5ccccn5)cccc34)c2)nc1. The van der Waals surface area contributed by atoms with Crippen LogP contribution < -0.4 is 0 Å². The quantitative estimate of drug-likeness (QED) is 0.239. The van der Waals surface area contributed by atoms with Gasteiger partial charge in [0.2, 0.25) is 0 Å². The Balaban J connectivity index is 0.000000764. The van der Waals surface area contributed by atoms with Gasteiger partial charge in [0.1, 0.15) is 0 Å². The van der Waals surface area contributed by atoms with E-state index in [0.717, 1.165) is 33.5 Å². The minimum absolute atomic E-state index is 0.971. The second-order valence-corrected chi connectivity index (χ2v) is 7.59. The molecule has 0 radical (unpaired) electrons. The molecule has 3 aromatic carbocycles. The van der Waals surface area contributed by atoms with Gasteiger partial charge in [0, 0.05) is 39.9 Å². The predicted octanol–water partition coefficient (Wildman–Crippen LogP) is 12.2. The van der Waals surface area contributed by atoms with E-state index in [9.17, 15) is 0 Å². The van der Waals surface area contributed by atoms with Crippen molar-refractivity contribution in [1.82, 2.24) is 15.0 Å². The maximum atomic E-state index is 4.57. The Kier molecular flexibility index (Phi) is 16.8. The van der Waals surface area contributed by atoms with Crippen LogP contribution in [-0.2, 0) is 0 Å². The normalized spacial score (nSPS) is 9.22. The van der Waals surface area contributed by atoms with Gasteiger partial charge >= 0.3 is 0 Å². The van der Waals surface area contributed by atoms with Crippen LogP contribution in [-0.4, -0.2) is 15.0 Å². The van der Waals surface area contributed by atoms with Crippen molar-refractivity contribution < 1.29 is 0 Å². The summed E-state index contributed by atoms with van der Waals surface area (Å²) in [6.07, 6.45) is 3.67. The fourth-order valence-corrected chi connectivity index (χ4v) is 4.30. The van der Waals surface area contributed by atoms with E-state index in [0.29, 0.717) is 0 Å². The molecule has 3 aromatic heterocycles. The molecule has 3 nitrogen and oxygen atoms in total. The molecule has 3 heteroatoms. The average molecular weight is 548 g/mol. The summed E-state index contributed by atoms with van der Waals surface area (Å²) in [6, 6.07) is 33.5. The van der Waals surface area contributed by atoms with Gasteiger partial charge in [0.05, 0.1) is 22.4 Å². The van der Waals surface area contributed by atoms with Crippen LogP contribution in [0.3, 0.4) is 0 Å². The van der Waals surface area contributed by atoms with Crippen LogP contribution in [0.2, 0.25) is 0 Å². The number of aromatic amines is 1. The third-order valence-electron chi connectivity index (χ3n) is 5.74. The number of rotatable bonds is 3. The molecule has 6 aromatic rings. The first kappa shape index (κ1) is 34.8. The van der Waals surface area contributed by atoms with E-state index in [2.05, 4.69) is 81.7 Å². The summed E-state index contributed by atoms with van der Waals surface area (Å²) in [7, 11) is 0. The Morgan fingerprint density at radius 3 is 1.41 bits per heavy atom. The molecular formula is C38H49N3. The number of hydrogen-bond donors (Lipinski definition) is 1. The number of pyridine rings is 2. The highest BCUT2D eigenvalue weighted by atomic mass is 14.7. The lowest BCUT2D eigenvalue weighted by atomic mass is 9.99. The predicted molar refractivity (Wildman–Crippen MR) is 184 cm³/mol. The summed E-state index contributed by atoms with van der Waals surface area (Å²) in [4.78, 5) is 12.8. The fraction of sp³-hybridized carbons (Fsp3) is 0.263.